The largest absolute Gasteiger partial charge is 0.441 e. The van der Waals surface area contributed by atoms with Crippen LogP contribution < -0.4 is 5.32 Å². The summed E-state index contributed by atoms with van der Waals surface area (Å²) in [5, 5.41) is 5.40. The van der Waals surface area contributed by atoms with Crippen molar-refractivity contribution in [2.45, 2.75) is 13.8 Å². The summed E-state index contributed by atoms with van der Waals surface area (Å²) in [6.45, 7) is 3.65. The Morgan fingerprint density at radius 1 is 1.32 bits per heavy atom. The Morgan fingerprint density at radius 2 is 2.16 bits per heavy atom. The van der Waals surface area contributed by atoms with Crippen LogP contribution in [0.1, 0.15) is 21.4 Å². The molecule has 5 nitrogen and oxygen atoms in total. The number of nitrogens with one attached hydrogen (secondary N) is 1. The monoisotopic (exact) mass is 273 g/mol. The van der Waals surface area contributed by atoms with Gasteiger partial charge < -0.3 is 9.73 Å². The number of benzene rings is 1. The molecule has 0 saturated heterocycles. The Hall–Kier alpha value is -2.21. The number of aryl methyl sites for hydroxylation is 2. The van der Waals surface area contributed by atoms with Crippen molar-refractivity contribution in [3.8, 4) is 0 Å². The van der Waals surface area contributed by atoms with Gasteiger partial charge in [0.1, 0.15) is 11.2 Å². The average Bonchev–Trinajstić information content (AvgIpc) is 2.93. The second-order valence-electron chi connectivity index (χ2n) is 4.12. The van der Waals surface area contributed by atoms with Gasteiger partial charge in [0.25, 0.3) is 5.91 Å². The molecule has 0 saturated carbocycles. The third kappa shape index (κ3) is 2.34. The number of hydrogen-bond donors (Lipinski definition) is 1. The highest BCUT2D eigenvalue weighted by Crippen LogP contribution is 2.20. The van der Waals surface area contributed by atoms with Gasteiger partial charge in [-0.05, 0) is 25.1 Å². The first-order valence-corrected chi connectivity index (χ1v) is 6.60. The number of thiazole rings is 1. The average molecular weight is 273 g/mol. The minimum absolute atomic E-state index is 0.219. The minimum atomic E-state index is -0.219. The molecule has 0 bridgehead atoms. The Kier molecular flexibility index (Phi) is 2.79. The van der Waals surface area contributed by atoms with E-state index in [2.05, 4.69) is 15.3 Å². The molecule has 3 aromatic rings. The van der Waals surface area contributed by atoms with Crippen molar-refractivity contribution in [3.05, 3.63) is 40.2 Å². The van der Waals surface area contributed by atoms with E-state index < -0.39 is 0 Å². The van der Waals surface area contributed by atoms with Gasteiger partial charge in [0.05, 0.1) is 5.01 Å². The molecule has 6 heteroatoms. The van der Waals surface area contributed by atoms with E-state index in [-0.39, 0.29) is 5.91 Å². The Balaban J connectivity index is 1.86. The second-order valence-corrected chi connectivity index (χ2v) is 5.18. The van der Waals surface area contributed by atoms with Crippen molar-refractivity contribution in [1.82, 2.24) is 9.97 Å². The molecule has 1 aromatic carbocycles. The molecule has 0 spiro atoms. The van der Waals surface area contributed by atoms with E-state index >= 15 is 0 Å². The van der Waals surface area contributed by atoms with Crippen LogP contribution in [0.25, 0.3) is 11.1 Å². The number of aromatic nitrogens is 2. The molecule has 2 aromatic heterocycles. The smallest absolute Gasteiger partial charge is 0.275 e. The van der Waals surface area contributed by atoms with Gasteiger partial charge in [0, 0.05) is 18.0 Å². The Labute approximate surface area is 113 Å². The predicted octanol–water partition coefficient (Wildman–Crippen LogP) is 3.15. The van der Waals surface area contributed by atoms with Crippen LogP contribution in [-0.2, 0) is 0 Å². The van der Waals surface area contributed by atoms with Gasteiger partial charge in [-0.25, -0.2) is 9.97 Å². The fraction of sp³-hybridized carbons (Fsp3) is 0.154. The van der Waals surface area contributed by atoms with Crippen LogP contribution in [0.2, 0.25) is 0 Å². The standard InChI is InChI=1S/C13H11N3O2S/c1-7-14-10-5-9(3-4-12(10)18-7)16-13(17)11-6-19-8(2)15-11/h3-6H,1-2H3,(H,16,17). The van der Waals surface area contributed by atoms with Crippen molar-refractivity contribution in [1.29, 1.82) is 0 Å². The zero-order valence-electron chi connectivity index (χ0n) is 10.4. The van der Waals surface area contributed by atoms with Crippen molar-refractivity contribution in [2.24, 2.45) is 0 Å². The second kappa shape index (κ2) is 4.47. The quantitative estimate of drug-likeness (QED) is 0.778. The summed E-state index contributed by atoms with van der Waals surface area (Å²) in [4.78, 5) is 20.3. The number of oxazole rings is 1. The number of amides is 1. The van der Waals surface area contributed by atoms with E-state index in [1.54, 1.807) is 30.5 Å². The summed E-state index contributed by atoms with van der Waals surface area (Å²) < 4.78 is 5.38. The lowest BCUT2D eigenvalue weighted by Gasteiger charge is -2.02. The van der Waals surface area contributed by atoms with Crippen LogP contribution in [0.4, 0.5) is 5.69 Å². The molecule has 0 atom stereocenters. The van der Waals surface area contributed by atoms with Crippen LogP contribution in [0.5, 0.6) is 0 Å². The molecule has 2 heterocycles. The van der Waals surface area contributed by atoms with E-state index in [0.717, 1.165) is 10.5 Å². The molecule has 3 rings (SSSR count). The van der Waals surface area contributed by atoms with Gasteiger partial charge >= 0.3 is 0 Å². The first-order chi connectivity index (χ1) is 9.11. The van der Waals surface area contributed by atoms with Gasteiger partial charge in [-0.2, -0.15) is 0 Å². The van der Waals surface area contributed by atoms with E-state index in [4.69, 9.17) is 4.42 Å². The molecule has 0 aliphatic carbocycles. The number of nitrogens with zero attached hydrogens (tertiary/aromatic N) is 2. The third-order valence-electron chi connectivity index (χ3n) is 2.60. The van der Waals surface area contributed by atoms with Gasteiger partial charge in [-0.15, -0.1) is 11.3 Å². The molecular formula is C13H11N3O2S. The maximum Gasteiger partial charge on any atom is 0.275 e. The van der Waals surface area contributed by atoms with Crippen LogP contribution >= 0.6 is 11.3 Å². The molecule has 0 radical (unpaired) electrons. The van der Waals surface area contributed by atoms with Crippen molar-refractivity contribution in [3.63, 3.8) is 0 Å². The van der Waals surface area contributed by atoms with Gasteiger partial charge in [-0.3, -0.25) is 4.79 Å². The van der Waals surface area contributed by atoms with E-state index in [0.29, 0.717) is 22.9 Å². The molecule has 0 unspecified atom stereocenters. The highest BCUT2D eigenvalue weighted by atomic mass is 32.1. The first-order valence-electron chi connectivity index (χ1n) is 5.72. The van der Waals surface area contributed by atoms with Crippen LogP contribution in [0.3, 0.4) is 0 Å². The molecule has 96 valence electrons. The van der Waals surface area contributed by atoms with Crippen LogP contribution in [0.15, 0.2) is 28.0 Å². The number of rotatable bonds is 2. The molecule has 0 aliphatic rings. The van der Waals surface area contributed by atoms with Gasteiger partial charge in [0.15, 0.2) is 11.5 Å². The molecule has 1 N–H and O–H groups in total. The normalized spacial score (nSPS) is 10.8. The number of fused-ring (bicyclic) bond motifs is 1. The summed E-state index contributed by atoms with van der Waals surface area (Å²) in [6.07, 6.45) is 0. The zero-order valence-corrected chi connectivity index (χ0v) is 11.2. The fourth-order valence-corrected chi connectivity index (χ4v) is 2.38. The molecule has 0 fully saturated rings. The highest BCUT2D eigenvalue weighted by molar-refractivity contribution is 7.09. The minimum Gasteiger partial charge on any atom is -0.441 e. The Bertz CT molecular complexity index is 760. The molecule has 19 heavy (non-hydrogen) atoms. The lowest BCUT2D eigenvalue weighted by molar-refractivity contribution is 0.102. The number of hydrogen-bond acceptors (Lipinski definition) is 5. The van der Waals surface area contributed by atoms with Crippen molar-refractivity contribution < 1.29 is 9.21 Å². The maximum absolute atomic E-state index is 12.0. The number of anilines is 1. The lowest BCUT2D eigenvalue weighted by Crippen LogP contribution is -2.12. The number of carbonyl (C=O) groups is 1. The molecule has 1 amide bonds. The van der Waals surface area contributed by atoms with Gasteiger partial charge in [-0.1, -0.05) is 0 Å². The van der Waals surface area contributed by atoms with E-state index in [1.807, 2.05) is 6.92 Å². The summed E-state index contributed by atoms with van der Waals surface area (Å²) in [7, 11) is 0. The summed E-state index contributed by atoms with van der Waals surface area (Å²) in [6, 6.07) is 5.35. The molecule has 0 aliphatic heterocycles. The predicted molar refractivity (Wildman–Crippen MR) is 73.6 cm³/mol. The Morgan fingerprint density at radius 3 is 2.89 bits per heavy atom. The lowest BCUT2D eigenvalue weighted by atomic mass is 10.3. The number of carbonyl (C=O) groups excluding carboxylic acids is 1. The van der Waals surface area contributed by atoms with Crippen LogP contribution in [-0.4, -0.2) is 15.9 Å². The first kappa shape index (κ1) is 11.9. The fourth-order valence-electron chi connectivity index (χ4n) is 1.78. The summed E-state index contributed by atoms with van der Waals surface area (Å²) >= 11 is 1.45. The van der Waals surface area contributed by atoms with Crippen LogP contribution in [0, 0.1) is 13.8 Å². The highest BCUT2D eigenvalue weighted by Gasteiger charge is 2.10. The van der Waals surface area contributed by atoms with E-state index in [1.165, 1.54) is 11.3 Å². The van der Waals surface area contributed by atoms with Crippen molar-refractivity contribution in [2.75, 3.05) is 5.32 Å². The van der Waals surface area contributed by atoms with E-state index in [9.17, 15) is 4.79 Å². The van der Waals surface area contributed by atoms with Crippen molar-refractivity contribution >= 4 is 34.0 Å². The topological polar surface area (TPSA) is 68.0 Å². The third-order valence-corrected chi connectivity index (χ3v) is 3.38. The zero-order chi connectivity index (χ0) is 13.4. The summed E-state index contributed by atoms with van der Waals surface area (Å²) in [5.41, 5.74) is 2.54. The summed E-state index contributed by atoms with van der Waals surface area (Å²) in [5.74, 6) is 0.387. The SMILES string of the molecule is Cc1nc2cc(NC(=O)c3csc(C)n3)ccc2o1. The molecular weight excluding hydrogens is 262 g/mol. The van der Waals surface area contributed by atoms with Gasteiger partial charge in [0.2, 0.25) is 0 Å². The maximum atomic E-state index is 12.0.